The predicted octanol–water partition coefficient (Wildman–Crippen LogP) is 4.63. The Morgan fingerprint density at radius 2 is 1.76 bits per heavy atom. The molecule has 6 nitrogen and oxygen atoms in total. The van der Waals surface area contributed by atoms with Crippen LogP contribution < -0.4 is 4.74 Å². The molecule has 2 amide bonds. The van der Waals surface area contributed by atoms with E-state index < -0.39 is 12.1 Å². The van der Waals surface area contributed by atoms with Crippen molar-refractivity contribution >= 4 is 22.7 Å². The van der Waals surface area contributed by atoms with Gasteiger partial charge in [-0.25, -0.2) is 4.39 Å². The van der Waals surface area contributed by atoms with Crippen molar-refractivity contribution in [1.82, 2.24) is 14.8 Å². The highest BCUT2D eigenvalue weighted by Gasteiger charge is 2.48. The number of aromatic nitrogens is 1. The van der Waals surface area contributed by atoms with E-state index in [0.717, 1.165) is 33.3 Å². The maximum absolute atomic E-state index is 13.9. The van der Waals surface area contributed by atoms with Crippen LogP contribution in [0.5, 0.6) is 5.75 Å². The minimum atomic E-state index is -0.610. The van der Waals surface area contributed by atoms with E-state index >= 15 is 0 Å². The van der Waals surface area contributed by atoms with E-state index in [9.17, 15) is 14.0 Å². The van der Waals surface area contributed by atoms with Gasteiger partial charge < -0.3 is 19.5 Å². The molecule has 3 aromatic carbocycles. The van der Waals surface area contributed by atoms with Gasteiger partial charge >= 0.3 is 0 Å². The summed E-state index contributed by atoms with van der Waals surface area (Å²) in [5, 5.41) is 1.07. The number of hydrogen-bond acceptors (Lipinski definition) is 3. The summed E-state index contributed by atoms with van der Waals surface area (Å²) in [5.41, 5.74) is 4.78. The van der Waals surface area contributed by atoms with Crippen molar-refractivity contribution in [3.8, 4) is 5.75 Å². The van der Waals surface area contributed by atoms with Crippen LogP contribution in [0.4, 0.5) is 4.39 Å². The molecule has 7 heteroatoms. The number of halogens is 1. The van der Waals surface area contributed by atoms with Crippen LogP contribution in [0, 0.1) is 5.82 Å². The van der Waals surface area contributed by atoms with Gasteiger partial charge in [-0.2, -0.15) is 0 Å². The third kappa shape index (κ3) is 4.04. The number of fused-ring (bicyclic) bond motifs is 4. The molecule has 2 aliphatic rings. The van der Waals surface area contributed by atoms with Gasteiger partial charge in [-0.3, -0.25) is 9.59 Å². The molecule has 2 atom stereocenters. The Morgan fingerprint density at radius 1 is 1.00 bits per heavy atom. The van der Waals surface area contributed by atoms with Gasteiger partial charge in [0.1, 0.15) is 23.7 Å². The molecule has 37 heavy (non-hydrogen) atoms. The van der Waals surface area contributed by atoms with Crippen molar-refractivity contribution in [2.24, 2.45) is 0 Å². The number of H-pyrrole nitrogens is 1. The first kappa shape index (κ1) is 23.3. The standard InChI is InChI=1S/C30H28FN3O3/c1-2-37-26-10-6-4-8-22(26)29-28-23(21-7-3-5-9-24(21)32-28)17-25-30(36)33(18-27(35)34(25)29)16-15-19-11-13-20(31)14-12-19/h3-14,25,29,32H,2,15-18H2,1H3/t25-,29?/m0/s1. The average molecular weight is 498 g/mol. The molecule has 1 N–H and O–H groups in total. The lowest BCUT2D eigenvalue weighted by atomic mass is 9.86. The maximum atomic E-state index is 13.9. The highest BCUT2D eigenvalue weighted by atomic mass is 19.1. The zero-order valence-electron chi connectivity index (χ0n) is 20.6. The van der Waals surface area contributed by atoms with E-state index in [2.05, 4.69) is 11.1 Å². The van der Waals surface area contributed by atoms with Crippen LogP contribution in [0.25, 0.3) is 10.9 Å². The summed E-state index contributed by atoms with van der Waals surface area (Å²) in [6, 6.07) is 21.0. The second-order valence-corrected chi connectivity index (χ2v) is 9.59. The molecule has 0 saturated carbocycles. The maximum Gasteiger partial charge on any atom is 0.246 e. The van der Waals surface area contributed by atoms with Crippen LogP contribution in [0.15, 0.2) is 72.8 Å². The minimum Gasteiger partial charge on any atom is -0.494 e. The van der Waals surface area contributed by atoms with Gasteiger partial charge in [-0.1, -0.05) is 48.5 Å². The zero-order chi connectivity index (χ0) is 25.5. The van der Waals surface area contributed by atoms with E-state index in [0.29, 0.717) is 31.7 Å². The number of para-hydroxylation sites is 2. The number of hydrogen-bond donors (Lipinski definition) is 1. The molecule has 6 rings (SSSR count). The number of piperazine rings is 1. The Kier molecular flexibility index (Phi) is 5.91. The molecule has 0 bridgehead atoms. The monoisotopic (exact) mass is 497 g/mol. The van der Waals surface area contributed by atoms with Crippen molar-refractivity contribution in [1.29, 1.82) is 0 Å². The Bertz CT molecular complexity index is 1480. The lowest BCUT2D eigenvalue weighted by molar-refractivity contribution is -0.158. The number of nitrogens with one attached hydrogen (secondary N) is 1. The molecular weight excluding hydrogens is 469 g/mol. The first-order chi connectivity index (χ1) is 18.0. The summed E-state index contributed by atoms with van der Waals surface area (Å²) in [7, 11) is 0. The number of aromatic amines is 1. The number of amides is 2. The number of ether oxygens (including phenoxy) is 1. The Hall–Kier alpha value is -4.13. The van der Waals surface area contributed by atoms with Crippen molar-refractivity contribution in [3.05, 3.63) is 101 Å². The highest BCUT2D eigenvalue weighted by molar-refractivity contribution is 5.97. The zero-order valence-corrected chi connectivity index (χ0v) is 20.6. The van der Waals surface area contributed by atoms with Gasteiger partial charge in [-0.05, 0) is 48.7 Å². The lowest BCUT2D eigenvalue weighted by Crippen LogP contribution is -2.63. The van der Waals surface area contributed by atoms with Crippen LogP contribution in [-0.4, -0.2) is 52.3 Å². The normalized spacial score (nSPS) is 19.2. The van der Waals surface area contributed by atoms with Crippen molar-refractivity contribution in [3.63, 3.8) is 0 Å². The van der Waals surface area contributed by atoms with Gasteiger partial charge in [0.2, 0.25) is 11.8 Å². The number of nitrogens with zero attached hydrogens (tertiary/aromatic N) is 2. The Balaban J connectivity index is 1.40. The van der Waals surface area contributed by atoms with Gasteiger partial charge in [-0.15, -0.1) is 0 Å². The predicted molar refractivity (Wildman–Crippen MR) is 139 cm³/mol. The topological polar surface area (TPSA) is 65.6 Å². The van der Waals surface area contributed by atoms with Crippen LogP contribution in [0.1, 0.15) is 35.3 Å². The van der Waals surface area contributed by atoms with Gasteiger partial charge in [0.25, 0.3) is 0 Å². The molecule has 1 saturated heterocycles. The van der Waals surface area contributed by atoms with Gasteiger partial charge in [0.15, 0.2) is 0 Å². The highest BCUT2D eigenvalue weighted by Crippen LogP contribution is 2.44. The molecule has 0 aliphatic carbocycles. The van der Waals surface area contributed by atoms with E-state index in [1.54, 1.807) is 21.9 Å². The second kappa shape index (κ2) is 9.39. The molecule has 0 radical (unpaired) electrons. The third-order valence-electron chi connectivity index (χ3n) is 7.44. The smallest absolute Gasteiger partial charge is 0.246 e. The quantitative estimate of drug-likeness (QED) is 0.422. The Morgan fingerprint density at radius 3 is 2.57 bits per heavy atom. The van der Waals surface area contributed by atoms with E-state index in [4.69, 9.17) is 4.74 Å². The largest absolute Gasteiger partial charge is 0.494 e. The molecule has 0 spiro atoms. The van der Waals surface area contributed by atoms with Crippen molar-refractivity contribution in [2.45, 2.75) is 31.8 Å². The fraction of sp³-hybridized carbons (Fsp3) is 0.267. The molecule has 188 valence electrons. The Labute approximate surface area is 214 Å². The number of carbonyl (C=O) groups is 2. The van der Waals surface area contributed by atoms with Crippen molar-refractivity contribution < 1.29 is 18.7 Å². The summed E-state index contributed by atoms with van der Waals surface area (Å²) in [4.78, 5) is 34.6. The lowest BCUT2D eigenvalue weighted by Gasteiger charge is -2.47. The number of benzene rings is 3. The molecular formula is C30H28FN3O3. The molecule has 2 aliphatic heterocycles. The van der Waals surface area contributed by atoms with E-state index in [-0.39, 0.29) is 24.2 Å². The van der Waals surface area contributed by atoms with Crippen molar-refractivity contribution in [2.75, 3.05) is 19.7 Å². The fourth-order valence-electron chi connectivity index (χ4n) is 5.75. The van der Waals surface area contributed by atoms with Gasteiger partial charge in [0.05, 0.1) is 13.2 Å². The summed E-state index contributed by atoms with van der Waals surface area (Å²) in [6.45, 7) is 2.85. The molecule has 1 aromatic heterocycles. The van der Waals surface area contributed by atoms with Crippen LogP contribution in [0.2, 0.25) is 0 Å². The average Bonchev–Trinajstić information content (AvgIpc) is 3.29. The summed E-state index contributed by atoms with van der Waals surface area (Å²) in [5.74, 6) is 0.263. The van der Waals surface area contributed by atoms with Crippen LogP contribution in [-0.2, 0) is 22.4 Å². The molecule has 1 fully saturated rings. The summed E-state index contributed by atoms with van der Waals surface area (Å²) >= 11 is 0. The third-order valence-corrected chi connectivity index (χ3v) is 7.44. The fourth-order valence-corrected chi connectivity index (χ4v) is 5.75. The van der Waals surface area contributed by atoms with Crippen LogP contribution >= 0.6 is 0 Å². The molecule has 4 aromatic rings. The van der Waals surface area contributed by atoms with Gasteiger partial charge in [0, 0.05) is 35.1 Å². The minimum absolute atomic E-state index is 0.0133. The number of rotatable bonds is 6. The second-order valence-electron chi connectivity index (χ2n) is 9.59. The summed E-state index contributed by atoms with van der Waals surface area (Å²) < 4.78 is 19.3. The summed E-state index contributed by atoms with van der Waals surface area (Å²) in [6.07, 6.45) is 1.01. The van der Waals surface area contributed by atoms with Crippen LogP contribution in [0.3, 0.4) is 0 Å². The first-order valence-electron chi connectivity index (χ1n) is 12.7. The SMILES string of the molecule is CCOc1ccccc1C1c2[nH]c3ccccc3c2C[C@H]2C(=O)N(CCc3ccc(F)cc3)CC(=O)N12. The number of carbonyl (C=O) groups excluding carboxylic acids is 2. The molecule has 3 heterocycles. The first-order valence-corrected chi connectivity index (χ1v) is 12.7. The van der Waals surface area contributed by atoms with E-state index in [1.807, 2.05) is 49.4 Å². The van der Waals surface area contributed by atoms with E-state index in [1.165, 1.54) is 12.1 Å². The molecule has 1 unspecified atom stereocenters.